The van der Waals surface area contributed by atoms with Crippen LogP contribution in [0.2, 0.25) is 0 Å². The van der Waals surface area contributed by atoms with Crippen molar-refractivity contribution in [2.45, 2.75) is 56.9 Å². The molecule has 0 aliphatic carbocycles. The number of hydrogen-bond acceptors (Lipinski definition) is 4. The summed E-state index contributed by atoms with van der Waals surface area (Å²) in [5.74, 6) is 0.0947. The van der Waals surface area contributed by atoms with Crippen molar-refractivity contribution in [3.63, 3.8) is 0 Å². The van der Waals surface area contributed by atoms with Crippen LogP contribution in [0.15, 0.2) is 0 Å². The van der Waals surface area contributed by atoms with Crippen molar-refractivity contribution in [3.8, 4) is 0 Å². The van der Waals surface area contributed by atoms with E-state index >= 15 is 0 Å². The molecule has 0 radical (unpaired) electrons. The van der Waals surface area contributed by atoms with Gasteiger partial charge in [-0.1, -0.05) is 0 Å². The van der Waals surface area contributed by atoms with Crippen LogP contribution in [0.4, 0.5) is 0 Å². The molecule has 18 heavy (non-hydrogen) atoms. The molecule has 0 aromatic heterocycles. The van der Waals surface area contributed by atoms with Crippen LogP contribution in [0.3, 0.4) is 0 Å². The number of carbonyl (C=O) groups is 1. The molecule has 0 spiro atoms. The van der Waals surface area contributed by atoms with Crippen molar-refractivity contribution < 1.29 is 14.3 Å². The Hall–Kier alpha value is -0.650. The fraction of sp³-hybridized carbons (Fsp3) is 0.923. The lowest BCUT2D eigenvalue weighted by molar-refractivity contribution is -0.126. The molecular weight excluding hydrogens is 232 g/mol. The van der Waals surface area contributed by atoms with Gasteiger partial charge in [0.25, 0.3) is 0 Å². The average molecular weight is 256 g/mol. The molecule has 0 bridgehead atoms. The highest BCUT2D eigenvalue weighted by Crippen LogP contribution is 2.24. The Morgan fingerprint density at radius 1 is 1.50 bits per heavy atom. The molecule has 2 rings (SSSR count). The first-order valence-corrected chi connectivity index (χ1v) is 6.71. The minimum Gasteiger partial charge on any atom is -0.380 e. The first-order valence-electron chi connectivity index (χ1n) is 6.71. The fourth-order valence-corrected chi connectivity index (χ4v) is 2.74. The van der Waals surface area contributed by atoms with Crippen molar-refractivity contribution in [1.29, 1.82) is 0 Å². The van der Waals surface area contributed by atoms with Crippen LogP contribution >= 0.6 is 0 Å². The van der Waals surface area contributed by atoms with Crippen LogP contribution in [0.25, 0.3) is 0 Å². The number of rotatable bonds is 3. The summed E-state index contributed by atoms with van der Waals surface area (Å²) in [6, 6.07) is 0.116. The summed E-state index contributed by atoms with van der Waals surface area (Å²) in [4.78, 5) is 12.1. The molecule has 2 fully saturated rings. The molecular formula is C13H24N2O3. The van der Waals surface area contributed by atoms with Crippen LogP contribution in [0.5, 0.6) is 0 Å². The molecule has 2 saturated heterocycles. The fourth-order valence-electron chi connectivity index (χ4n) is 2.74. The lowest BCUT2D eigenvalue weighted by Crippen LogP contribution is -2.50. The summed E-state index contributed by atoms with van der Waals surface area (Å²) in [6.07, 6.45) is 2.69. The van der Waals surface area contributed by atoms with E-state index < -0.39 is 0 Å². The molecule has 3 unspecified atom stereocenters. The molecule has 2 N–H and O–H groups in total. The third-order valence-electron chi connectivity index (χ3n) is 3.78. The normalized spacial score (nSPS) is 35.4. The third kappa shape index (κ3) is 3.43. The minimum atomic E-state index is -0.131. The highest BCUT2D eigenvalue weighted by Gasteiger charge is 2.33. The van der Waals surface area contributed by atoms with Gasteiger partial charge in [-0.3, -0.25) is 4.79 Å². The number of carbonyl (C=O) groups excluding carboxylic acids is 1. The van der Waals surface area contributed by atoms with Crippen molar-refractivity contribution >= 4 is 5.91 Å². The topological polar surface area (TPSA) is 59.6 Å². The third-order valence-corrected chi connectivity index (χ3v) is 3.78. The van der Waals surface area contributed by atoms with Gasteiger partial charge in [0.2, 0.25) is 5.91 Å². The minimum absolute atomic E-state index is 0.0947. The summed E-state index contributed by atoms with van der Waals surface area (Å²) in [7, 11) is 1.69. The predicted octanol–water partition coefficient (Wildman–Crippen LogP) is 0.437. The van der Waals surface area contributed by atoms with Crippen LogP contribution in [0, 0.1) is 0 Å². The Labute approximate surface area is 109 Å². The summed E-state index contributed by atoms with van der Waals surface area (Å²) in [5, 5.41) is 6.32. The van der Waals surface area contributed by atoms with Gasteiger partial charge in [-0.15, -0.1) is 0 Å². The maximum atomic E-state index is 12.1. The van der Waals surface area contributed by atoms with E-state index in [4.69, 9.17) is 9.47 Å². The molecule has 5 heteroatoms. The first-order chi connectivity index (χ1) is 8.50. The van der Waals surface area contributed by atoms with Gasteiger partial charge in [-0.2, -0.15) is 0 Å². The van der Waals surface area contributed by atoms with Crippen LogP contribution in [0.1, 0.15) is 33.1 Å². The summed E-state index contributed by atoms with van der Waals surface area (Å²) in [5.41, 5.74) is -0.131. The number of nitrogens with one attached hydrogen (secondary N) is 2. The predicted molar refractivity (Wildman–Crippen MR) is 68.4 cm³/mol. The number of methoxy groups -OCH3 is 1. The maximum Gasteiger partial charge on any atom is 0.237 e. The maximum absolute atomic E-state index is 12.1. The van der Waals surface area contributed by atoms with Gasteiger partial charge in [0.05, 0.1) is 17.7 Å². The van der Waals surface area contributed by atoms with E-state index in [9.17, 15) is 4.79 Å². The average Bonchev–Trinajstić information content (AvgIpc) is 2.76. The zero-order valence-electron chi connectivity index (χ0n) is 11.5. The van der Waals surface area contributed by atoms with E-state index in [1.54, 1.807) is 7.11 Å². The summed E-state index contributed by atoms with van der Waals surface area (Å²) >= 11 is 0. The van der Waals surface area contributed by atoms with Gasteiger partial charge in [-0.05, 0) is 33.1 Å². The van der Waals surface area contributed by atoms with Gasteiger partial charge >= 0.3 is 0 Å². The van der Waals surface area contributed by atoms with Gasteiger partial charge in [-0.25, -0.2) is 0 Å². The molecule has 5 nitrogen and oxygen atoms in total. The van der Waals surface area contributed by atoms with Crippen LogP contribution < -0.4 is 10.6 Å². The second-order valence-corrected chi connectivity index (χ2v) is 5.86. The van der Waals surface area contributed by atoms with Gasteiger partial charge in [0, 0.05) is 26.3 Å². The van der Waals surface area contributed by atoms with Gasteiger partial charge in [0.15, 0.2) is 0 Å². The Morgan fingerprint density at radius 3 is 2.89 bits per heavy atom. The number of amides is 1. The van der Waals surface area contributed by atoms with Crippen molar-refractivity contribution in [2.75, 3.05) is 20.3 Å². The van der Waals surface area contributed by atoms with Crippen molar-refractivity contribution in [2.24, 2.45) is 0 Å². The van der Waals surface area contributed by atoms with Crippen molar-refractivity contribution in [3.05, 3.63) is 0 Å². The number of ether oxygens (including phenoxy) is 2. The zero-order valence-corrected chi connectivity index (χ0v) is 11.5. The molecule has 2 aliphatic heterocycles. The Morgan fingerprint density at radius 2 is 2.28 bits per heavy atom. The lowest BCUT2D eigenvalue weighted by atomic mass is 9.93. The van der Waals surface area contributed by atoms with Crippen LogP contribution in [-0.2, 0) is 14.3 Å². The first kappa shape index (κ1) is 13.8. The van der Waals surface area contributed by atoms with E-state index in [1.807, 2.05) is 0 Å². The molecule has 3 atom stereocenters. The molecule has 0 aromatic rings. The van der Waals surface area contributed by atoms with E-state index in [0.29, 0.717) is 0 Å². The van der Waals surface area contributed by atoms with Crippen LogP contribution in [-0.4, -0.2) is 50.0 Å². The second kappa shape index (κ2) is 5.55. The van der Waals surface area contributed by atoms with Gasteiger partial charge in [0.1, 0.15) is 0 Å². The monoisotopic (exact) mass is 256 g/mol. The Kier molecular flexibility index (Phi) is 4.25. The Balaban J connectivity index is 1.81. The highest BCUT2D eigenvalue weighted by atomic mass is 16.5. The zero-order chi connectivity index (χ0) is 13.2. The standard InChI is InChI=1S/C13H24N2O3/c1-13(2)7-9(4-5-18-13)15-12(16)11-6-10(17-3)8-14-11/h9-11,14H,4-8H2,1-3H3,(H,15,16). The second-order valence-electron chi connectivity index (χ2n) is 5.86. The van der Waals surface area contributed by atoms with Gasteiger partial charge < -0.3 is 20.1 Å². The smallest absolute Gasteiger partial charge is 0.237 e. The quantitative estimate of drug-likeness (QED) is 0.769. The number of hydrogen-bond donors (Lipinski definition) is 2. The summed E-state index contributed by atoms with van der Waals surface area (Å²) in [6.45, 7) is 5.62. The van der Waals surface area contributed by atoms with E-state index in [0.717, 1.165) is 32.4 Å². The largest absolute Gasteiger partial charge is 0.380 e. The lowest BCUT2D eigenvalue weighted by Gasteiger charge is -2.36. The molecule has 1 amide bonds. The highest BCUT2D eigenvalue weighted by molar-refractivity contribution is 5.82. The molecule has 2 aliphatic rings. The Bertz CT molecular complexity index is 307. The van der Waals surface area contributed by atoms with E-state index in [2.05, 4.69) is 24.5 Å². The molecule has 0 aromatic carbocycles. The molecule has 0 saturated carbocycles. The van der Waals surface area contributed by atoms with E-state index in [1.165, 1.54) is 0 Å². The summed E-state index contributed by atoms with van der Waals surface area (Å²) < 4.78 is 10.9. The molecule has 2 heterocycles. The molecule has 104 valence electrons. The van der Waals surface area contributed by atoms with Crippen molar-refractivity contribution in [1.82, 2.24) is 10.6 Å². The van der Waals surface area contributed by atoms with E-state index in [-0.39, 0.29) is 29.7 Å². The SMILES string of the molecule is COC1CNC(C(=O)NC2CCOC(C)(C)C2)C1.